The molecule has 0 aromatic rings. The van der Waals surface area contributed by atoms with Crippen LogP contribution in [0.1, 0.15) is 12.8 Å². The van der Waals surface area contributed by atoms with Crippen LogP contribution in [0.5, 0.6) is 0 Å². The highest BCUT2D eigenvalue weighted by atomic mass is 16.8. The third-order valence-electron chi connectivity index (χ3n) is 2.11. The SMILES string of the molecule is NC(CC1CC1[NH+]([O-])O)C(=O)O. The molecular weight excluding hydrogens is 164 g/mol. The van der Waals surface area contributed by atoms with Crippen molar-refractivity contribution >= 4 is 5.97 Å². The fourth-order valence-electron chi connectivity index (χ4n) is 1.24. The Kier molecular flexibility index (Phi) is 2.63. The van der Waals surface area contributed by atoms with Gasteiger partial charge in [0.15, 0.2) is 0 Å². The van der Waals surface area contributed by atoms with Crippen molar-refractivity contribution in [2.75, 3.05) is 0 Å². The average Bonchev–Trinajstić information content (AvgIpc) is 2.67. The highest BCUT2D eigenvalue weighted by Crippen LogP contribution is 2.31. The topological polar surface area (TPSA) is 111 Å². The van der Waals surface area contributed by atoms with Crippen LogP contribution in [0.2, 0.25) is 0 Å². The van der Waals surface area contributed by atoms with Crippen LogP contribution in [0.15, 0.2) is 0 Å². The molecule has 0 amide bonds. The summed E-state index contributed by atoms with van der Waals surface area (Å²) in [6, 6.07) is -1.28. The van der Waals surface area contributed by atoms with E-state index in [1.54, 1.807) is 0 Å². The Hall–Kier alpha value is -0.690. The molecule has 4 atom stereocenters. The van der Waals surface area contributed by atoms with E-state index in [1.165, 1.54) is 0 Å². The molecule has 5 N–H and O–H groups in total. The fourth-order valence-corrected chi connectivity index (χ4v) is 1.24. The van der Waals surface area contributed by atoms with Crippen molar-refractivity contribution in [2.24, 2.45) is 11.7 Å². The monoisotopic (exact) mass is 176 g/mol. The molecule has 4 unspecified atom stereocenters. The largest absolute Gasteiger partial charge is 0.600 e. The minimum atomic E-state index is -1.06. The first kappa shape index (κ1) is 9.40. The lowest BCUT2D eigenvalue weighted by Gasteiger charge is -2.12. The summed E-state index contributed by atoms with van der Waals surface area (Å²) in [5, 5.41) is 26.4. The maximum Gasteiger partial charge on any atom is 0.320 e. The van der Waals surface area contributed by atoms with Gasteiger partial charge < -0.3 is 16.0 Å². The Morgan fingerprint density at radius 3 is 2.75 bits per heavy atom. The van der Waals surface area contributed by atoms with Gasteiger partial charge in [-0.15, -0.1) is 0 Å². The van der Waals surface area contributed by atoms with Crippen LogP contribution < -0.4 is 11.0 Å². The van der Waals surface area contributed by atoms with Gasteiger partial charge >= 0.3 is 5.97 Å². The molecular formula is C6H12N2O4. The van der Waals surface area contributed by atoms with Gasteiger partial charge in [-0.3, -0.25) is 4.79 Å². The Morgan fingerprint density at radius 1 is 1.83 bits per heavy atom. The number of hydroxylamine groups is 2. The van der Waals surface area contributed by atoms with Crippen LogP contribution in [0, 0.1) is 11.1 Å². The first-order valence-corrected chi connectivity index (χ1v) is 3.73. The lowest BCUT2D eigenvalue weighted by Crippen LogP contribution is -3.06. The van der Waals surface area contributed by atoms with Crippen LogP contribution in [0.4, 0.5) is 0 Å². The highest BCUT2D eigenvalue weighted by Gasteiger charge is 2.45. The molecule has 0 heterocycles. The molecule has 0 spiro atoms. The van der Waals surface area contributed by atoms with Crippen molar-refractivity contribution in [3.05, 3.63) is 5.21 Å². The molecule has 12 heavy (non-hydrogen) atoms. The van der Waals surface area contributed by atoms with Gasteiger partial charge in [-0.05, 0) is 6.42 Å². The molecule has 0 bridgehead atoms. The molecule has 1 rings (SSSR count). The average molecular weight is 176 g/mol. The van der Waals surface area contributed by atoms with Gasteiger partial charge in [0.05, 0.1) is 0 Å². The second-order valence-electron chi connectivity index (χ2n) is 3.12. The van der Waals surface area contributed by atoms with Gasteiger partial charge in [0.25, 0.3) is 0 Å². The molecule has 0 radical (unpaired) electrons. The van der Waals surface area contributed by atoms with E-state index in [0.29, 0.717) is 6.42 Å². The summed E-state index contributed by atoms with van der Waals surface area (Å²) in [6.45, 7) is 0. The van der Waals surface area contributed by atoms with E-state index in [-0.39, 0.29) is 18.4 Å². The maximum atomic E-state index is 10.3. The molecule has 0 aromatic carbocycles. The van der Waals surface area contributed by atoms with Gasteiger partial charge in [0.2, 0.25) is 0 Å². The minimum absolute atomic E-state index is 0.0337. The number of carbonyl (C=O) groups is 1. The van der Waals surface area contributed by atoms with Gasteiger partial charge in [-0.25, -0.2) is 10.4 Å². The molecule has 6 nitrogen and oxygen atoms in total. The van der Waals surface area contributed by atoms with Crippen molar-refractivity contribution in [1.82, 2.24) is 0 Å². The first-order valence-electron chi connectivity index (χ1n) is 3.73. The normalized spacial score (nSPS) is 32.6. The van der Waals surface area contributed by atoms with Gasteiger partial charge in [-0.2, -0.15) is 0 Å². The summed E-state index contributed by atoms with van der Waals surface area (Å²) in [4.78, 5) is 10.3. The van der Waals surface area contributed by atoms with Crippen LogP contribution >= 0.6 is 0 Å². The number of hydrogen-bond donors (Lipinski definition) is 4. The summed E-state index contributed by atoms with van der Waals surface area (Å²) in [7, 11) is 0. The van der Waals surface area contributed by atoms with Crippen molar-refractivity contribution in [3.8, 4) is 0 Å². The van der Waals surface area contributed by atoms with Crippen molar-refractivity contribution < 1.29 is 20.3 Å². The van der Waals surface area contributed by atoms with Gasteiger partial charge in [0.1, 0.15) is 12.1 Å². The van der Waals surface area contributed by atoms with Gasteiger partial charge in [-0.1, -0.05) is 0 Å². The Labute approximate surface area is 69.1 Å². The second-order valence-corrected chi connectivity index (χ2v) is 3.12. The van der Waals surface area contributed by atoms with E-state index in [9.17, 15) is 10.0 Å². The predicted octanol–water partition coefficient (Wildman–Crippen LogP) is -2.05. The standard InChI is InChI=1S/C6H12N2O4/c7-4(6(9)10)1-3-2-5(3)8(11)12/h3-5,8,11H,1-2,7H2,(H,9,10). The molecule has 0 aromatic heterocycles. The van der Waals surface area contributed by atoms with E-state index >= 15 is 0 Å². The molecule has 1 aliphatic rings. The summed E-state index contributed by atoms with van der Waals surface area (Å²) in [6.07, 6.45) is 0.836. The van der Waals surface area contributed by atoms with Crippen LogP contribution in [-0.2, 0) is 4.79 Å². The lowest BCUT2D eigenvalue weighted by molar-refractivity contribution is -1.06. The van der Waals surface area contributed by atoms with Crippen LogP contribution in [-0.4, -0.2) is 28.4 Å². The number of aliphatic carboxylic acids is 1. The first-order chi connectivity index (χ1) is 5.52. The molecule has 1 aliphatic carbocycles. The number of quaternary nitrogens is 1. The fraction of sp³-hybridized carbons (Fsp3) is 0.833. The smallest absolute Gasteiger partial charge is 0.320 e. The number of carboxylic acids is 1. The quantitative estimate of drug-likeness (QED) is 0.368. The minimum Gasteiger partial charge on any atom is -0.600 e. The molecule has 0 saturated heterocycles. The maximum absolute atomic E-state index is 10.3. The molecule has 1 saturated carbocycles. The number of nitrogens with one attached hydrogen (secondary N) is 1. The van der Waals surface area contributed by atoms with Gasteiger partial charge in [0, 0.05) is 12.3 Å². The van der Waals surface area contributed by atoms with Crippen molar-refractivity contribution in [2.45, 2.75) is 24.9 Å². The number of carboxylic acid groups (broad SMARTS) is 1. The second kappa shape index (κ2) is 3.36. The van der Waals surface area contributed by atoms with Crippen LogP contribution in [0.3, 0.4) is 0 Å². The van der Waals surface area contributed by atoms with E-state index < -0.39 is 17.2 Å². The molecule has 6 heteroatoms. The Bertz CT molecular complexity index is 184. The number of nitrogens with two attached hydrogens (primary N) is 1. The molecule has 70 valence electrons. The molecule has 0 aliphatic heterocycles. The zero-order valence-electron chi connectivity index (χ0n) is 6.43. The van der Waals surface area contributed by atoms with Crippen molar-refractivity contribution in [1.29, 1.82) is 0 Å². The number of rotatable bonds is 4. The predicted molar refractivity (Wildman–Crippen MR) is 38.2 cm³/mol. The van der Waals surface area contributed by atoms with Crippen LogP contribution in [0.25, 0.3) is 0 Å². The summed E-state index contributed by atoms with van der Waals surface area (Å²) in [5.74, 6) is -1.10. The molecule has 1 fully saturated rings. The van der Waals surface area contributed by atoms with E-state index in [1.807, 2.05) is 0 Å². The summed E-state index contributed by atoms with van der Waals surface area (Å²) in [5.41, 5.74) is 5.23. The zero-order valence-corrected chi connectivity index (χ0v) is 6.43. The summed E-state index contributed by atoms with van der Waals surface area (Å²) < 4.78 is 0. The Balaban J connectivity index is 2.23. The van der Waals surface area contributed by atoms with Crippen molar-refractivity contribution in [3.63, 3.8) is 0 Å². The third-order valence-corrected chi connectivity index (χ3v) is 2.11. The zero-order chi connectivity index (χ0) is 9.30. The highest BCUT2D eigenvalue weighted by molar-refractivity contribution is 5.73. The Morgan fingerprint density at radius 2 is 2.42 bits per heavy atom. The van der Waals surface area contributed by atoms with E-state index in [2.05, 4.69) is 0 Å². The third kappa shape index (κ3) is 2.15. The van der Waals surface area contributed by atoms with E-state index in [0.717, 1.165) is 0 Å². The number of hydrogen-bond acceptors (Lipinski definition) is 4. The van der Waals surface area contributed by atoms with E-state index in [4.69, 9.17) is 16.0 Å². The summed E-state index contributed by atoms with van der Waals surface area (Å²) >= 11 is 0. The lowest BCUT2D eigenvalue weighted by atomic mass is 10.1.